The average Bonchev–Trinajstić information content (AvgIpc) is 2.79. The van der Waals surface area contributed by atoms with E-state index in [-0.39, 0.29) is 17.7 Å². The van der Waals surface area contributed by atoms with Crippen LogP contribution >= 0.6 is 0 Å². The third kappa shape index (κ3) is 15.3. The van der Waals surface area contributed by atoms with Crippen molar-refractivity contribution in [3.8, 4) is 0 Å². The van der Waals surface area contributed by atoms with E-state index in [1.165, 1.54) is 44.9 Å². The minimum atomic E-state index is -1.76. The molecule has 1 saturated heterocycles. The lowest BCUT2D eigenvalue weighted by atomic mass is 9.81. The number of carboxylic acid groups (broad SMARTS) is 2. The van der Waals surface area contributed by atoms with Crippen LogP contribution in [-0.2, 0) is 28.7 Å². The number of unbranched alkanes of at least 4 members (excludes halogenated alkanes) is 10. The highest BCUT2D eigenvalue weighted by molar-refractivity contribution is 5.86. The Labute approximate surface area is 234 Å². The normalized spacial score (nSPS) is 18.2. The Kier molecular flexibility index (Phi) is 15.7. The van der Waals surface area contributed by atoms with E-state index in [1.54, 1.807) is 0 Å². The Balaban J connectivity index is 2.59. The van der Waals surface area contributed by atoms with Crippen molar-refractivity contribution < 1.29 is 38.9 Å². The lowest BCUT2D eigenvalue weighted by Gasteiger charge is -2.46. The fraction of sp³-hybridized carbons (Fsp3) is 0.867. The Bertz CT molecular complexity index is 763. The zero-order chi connectivity index (χ0) is 29.5. The first-order valence-electron chi connectivity index (χ1n) is 14.8. The Morgan fingerprint density at radius 3 is 1.72 bits per heavy atom. The number of carboxylic acids is 2. The maximum absolute atomic E-state index is 12.8. The number of esters is 2. The molecule has 0 spiro atoms. The minimum Gasteiger partial charge on any atom is -0.550 e. The van der Waals surface area contributed by atoms with Gasteiger partial charge < -0.3 is 34.6 Å². The van der Waals surface area contributed by atoms with E-state index < -0.39 is 54.7 Å². The summed E-state index contributed by atoms with van der Waals surface area (Å²) >= 11 is 0. The summed E-state index contributed by atoms with van der Waals surface area (Å²) in [7, 11) is 0. The molecule has 0 aromatic rings. The van der Waals surface area contributed by atoms with Crippen molar-refractivity contribution in [2.45, 2.75) is 148 Å². The van der Waals surface area contributed by atoms with Gasteiger partial charge in [-0.25, -0.2) is 0 Å². The topological polar surface area (TPSA) is 145 Å². The second-order valence-corrected chi connectivity index (χ2v) is 12.4. The number of carbonyl (C=O) groups is 4. The van der Waals surface area contributed by atoms with Gasteiger partial charge in [0.05, 0.1) is 18.9 Å². The first-order chi connectivity index (χ1) is 18.3. The number of nitrogens with one attached hydrogen (secondary N) is 1. The number of rotatable bonds is 20. The van der Waals surface area contributed by atoms with Crippen molar-refractivity contribution >= 4 is 23.9 Å². The SMILES string of the molecule is CCCCCCCCCCCCCOC(=O)C(CC(=O)OC1CC(C)(C)NC(C)(C)C1)C(CC(=O)[O-])C(=O)[O-]. The predicted molar refractivity (Wildman–Crippen MR) is 144 cm³/mol. The lowest BCUT2D eigenvalue weighted by molar-refractivity contribution is -0.322. The molecule has 0 bridgehead atoms. The summed E-state index contributed by atoms with van der Waals surface area (Å²) in [6, 6.07) is 0. The molecule has 0 saturated carbocycles. The third-order valence-corrected chi connectivity index (χ3v) is 7.31. The van der Waals surface area contributed by atoms with E-state index in [0.717, 1.165) is 19.3 Å². The molecule has 0 radical (unpaired) electrons. The van der Waals surface area contributed by atoms with E-state index in [2.05, 4.69) is 12.2 Å². The molecular weight excluding hydrogens is 502 g/mol. The summed E-state index contributed by atoms with van der Waals surface area (Å²) in [6.45, 7) is 10.3. The molecule has 1 aliphatic heterocycles. The molecule has 1 heterocycles. The molecule has 2 atom stereocenters. The van der Waals surface area contributed by atoms with E-state index in [0.29, 0.717) is 19.3 Å². The smallest absolute Gasteiger partial charge is 0.310 e. The van der Waals surface area contributed by atoms with E-state index in [9.17, 15) is 29.4 Å². The second kappa shape index (κ2) is 17.5. The van der Waals surface area contributed by atoms with Gasteiger partial charge in [-0.3, -0.25) is 9.59 Å². The molecule has 0 amide bonds. The van der Waals surface area contributed by atoms with Gasteiger partial charge in [0, 0.05) is 41.8 Å². The standard InChI is InChI=1S/C30H53NO8/c1-6-7-8-9-10-11-12-13-14-15-16-17-38-28(37)24(23(27(35)36)18-25(32)33)19-26(34)39-22-20-29(2,3)31-30(4,5)21-22/h22-24,31H,6-21H2,1-5H3,(H,32,33)(H,35,36)/p-2. The summed E-state index contributed by atoms with van der Waals surface area (Å²) < 4.78 is 10.9. The van der Waals surface area contributed by atoms with Crippen LogP contribution in [0.1, 0.15) is 131 Å². The fourth-order valence-corrected chi connectivity index (χ4v) is 5.73. The Morgan fingerprint density at radius 1 is 0.769 bits per heavy atom. The first kappa shape index (κ1) is 34.9. The van der Waals surface area contributed by atoms with Crippen molar-refractivity contribution in [2.24, 2.45) is 11.8 Å². The zero-order valence-electron chi connectivity index (χ0n) is 24.8. The molecule has 0 aromatic carbocycles. The number of ether oxygens (including phenoxy) is 2. The lowest BCUT2D eigenvalue weighted by Crippen LogP contribution is -2.59. The molecule has 1 aliphatic rings. The summed E-state index contributed by atoms with van der Waals surface area (Å²) in [4.78, 5) is 48.6. The van der Waals surface area contributed by atoms with Crippen molar-refractivity contribution in [1.82, 2.24) is 5.32 Å². The Hall–Kier alpha value is -2.16. The van der Waals surface area contributed by atoms with Crippen LogP contribution in [0.3, 0.4) is 0 Å². The molecule has 1 fully saturated rings. The van der Waals surface area contributed by atoms with Crippen LogP contribution in [-0.4, -0.2) is 47.7 Å². The molecule has 9 heteroatoms. The molecule has 1 rings (SSSR count). The van der Waals surface area contributed by atoms with Gasteiger partial charge in [0.15, 0.2) is 0 Å². The maximum Gasteiger partial charge on any atom is 0.310 e. The highest BCUT2D eigenvalue weighted by atomic mass is 16.5. The van der Waals surface area contributed by atoms with Crippen LogP contribution in [0.2, 0.25) is 0 Å². The largest absolute Gasteiger partial charge is 0.550 e. The van der Waals surface area contributed by atoms with Crippen LogP contribution in [0.25, 0.3) is 0 Å². The van der Waals surface area contributed by atoms with Crippen molar-refractivity contribution in [3.63, 3.8) is 0 Å². The van der Waals surface area contributed by atoms with Crippen LogP contribution in [0.5, 0.6) is 0 Å². The van der Waals surface area contributed by atoms with Crippen LogP contribution < -0.4 is 15.5 Å². The van der Waals surface area contributed by atoms with Gasteiger partial charge >= 0.3 is 11.9 Å². The maximum atomic E-state index is 12.8. The molecule has 0 aromatic heterocycles. The van der Waals surface area contributed by atoms with Crippen molar-refractivity contribution in [1.29, 1.82) is 0 Å². The molecule has 9 nitrogen and oxygen atoms in total. The van der Waals surface area contributed by atoms with Gasteiger partial charge in [0.25, 0.3) is 0 Å². The van der Waals surface area contributed by atoms with Crippen molar-refractivity contribution in [3.05, 3.63) is 0 Å². The molecule has 226 valence electrons. The number of hydrogen-bond donors (Lipinski definition) is 1. The van der Waals surface area contributed by atoms with Crippen LogP contribution in [0.15, 0.2) is 0 Å². The van der Waals surface area contributed by atoms with Crippen LogP contribution in [0, 0.1) is 11.8 Å². The van der Waals surface area contributed by atoms with Gasteiger partial charge in [-0.05, 0) is 40.5 Å². The van der Waals surface area contributed by atoms with Gasteiger partial charge in [0.2, 0.25) is 0 Å². The number of piperidine rings is 1. The summed E-state index contributed by atoms with van der Waals surface area (Å²) in [5.74, 6) is -8.38. The summed E-state index contributed by atoms with van der Waals surface area (Å²) in [5, 5.41) is 26.4. The minimum absolute atomic E-state index is 0.0726. The second-order valence-electron chi connectivity index (χ2n) is 12.4. The Morgan fingerprint density at radius 2 is 1.26 bits per heavy atom. The monoisotopic (exact) mass is 553 g/mol. The van der Waals surface area contributed by atoms with Crippen molar-refractivity contribution in [2.75, 3.05) is 6.61 Å². The average molecular weight is 554 g/mol. The fourth-order valence-electron chi connectivity index (χ4n) is 5.73. The molecule has 0 aliphatic carbocycles. The molecular formula is C30H51NO8-2. The summed E-state index contributed by atoms with van der Waals surface area (Å²) in [6.07, 6.45) is 11.5. The number of aliphatic carboxylic acids is 2. The third-order valence-electron chi connectivity index (χ3n) is 7.31. The van der Waals surface area contributed by atoms with Gasteiger partial charge in [-0.2, -0.15) is 0 Å². The summed E-state index contributed by atoms with van der Waals surface area (Å²) in [5.41, 5.74) is -0.579. The highest BCUT2D eigenvalue weighted by Crippen LogP contribution is 2.31. The van der Waals surface area contributed by atoms with Gasteiger partial charge in [0.1, 0.15) is 6.10 Å². The van der Waals surface area contributed by atoms with E-state index in [4.69, 9.17) is 9.47 Å². The quantitative estimate of drug-likeness (QED) is 0.177. The first-order valence-corrected chi connectivity index (χ1v) is 14.8. The number of hydrogen-bond acceptors (Lipinski definition) is 9. The molecule has 2 unspecified atom stereocenters. The van der Waals surface area contributed by atoms with E-state index >= 15 is 0 Å². The van der Waals surface area contributed by atoms with Gasteiger partial charge in [-0.15, -0.1) is 0 Å². The highest BCUT2D eigenvalue weighted by Gasteiger charge is 2.40. The predicted octanol–water partition coefficient (Wildman–Crippen LogP) is 3.21. The zero-order valence-corrected chi connectivity index (χ0v) is 24.8. The number of carbonyl (C=O) groups excluding carboxylic acids is 4. The van der Waals surface area contributed by atoms with Gasteiger partial charge in [-0.1, -0.05) is 71.1 Å². The van der Waals surface area contributed by atoms with E-state index in [1.807, 2.05) is 27.7 Å². The van der Waals surface area contributed by atoms with Crippen LogP contribution in [0.4, 0.5) is 0 Å². The molecule has 1 N–H and O–H groups in total. The molecule has 39 heavy (non-hydrogen) atoms.